The Balaban J connectivity index is -0.000000220. The van der Waals surface area contributed by atoms with Crippen molar-refractivity contribution in [2.75, 3.05) is 76.0 Å². The molecule has 0 aliphatic rings. The van der Waals surface area contributed by atoms with Crippen LogP contribution in [0.5, 0.6) is 0 Å². The van der Waals surface area contributed by atoms with Crippen LogP contribution >= 0.6 is 11.8 Å². The average molecular weight is 1560 g/mol. The molecule has 0 fully saturated rings. The number of thioether (sulfide) groups is 1. The molecule has 0 saturated heterocycles. The van der Waals surface area contributed by atoms with Crippen LogP contribution in [0.4, 0.5) is 0 Å². The summed E-state index contributed by atoms with van der Waals surface area (Å²) in [6.45, 7) is 45.1. The average Bonchev–Trinajstić information content (AvgIpc) is 0.844. The number of carbonyl (C=O) groups excluding carboxylic acids is 14. The zero-order valence-electron chi connectivity index (χ0n) is 72.1. The van der Waals surface area contributed by atoms with Gasteiger partial charge in [-0.05, 0) is 62.0 Å². The summed E-state index contributed by atoms with van der Waals surface area (Å²) in [5.74, 6) is -2.80. The van der Waals surface area contributed by atoms with Crippen LogP contribution in [0.25, 0.3) is 0 Å². The maximum Gasteiger partial charge on any atom is 0.306 e. The number of Topliss-reactive ketones (excluding diaryl/α,β-unsaturated/α-hetero) is 7. The summed E-state index contributed by atoms with van der Waals surface area (Å²) < 4.78 is 42.6. The Morgan fingerprint density at radius 2 is 0.676 bits per heavy atom. The molecular weight excluding hydrogens is 1410 g/mol. The second-order valence-corrected chi connectivity index (χ2v) is 31.5. The van der Waals surface area contributed by atoms with Crippen molar-refractivity contribution in [2.45, 2.75) is 249 Å². The van der Waals surface area contributed by atoms with E-state index in [9.17, 15) is 67.1 Å². The van der Waals surface area contributed by atoms with Crippen molar-refractivity contribution in [1.29, 1.82) is 0 Å². The molecule has 108 heavy (non-hydrogen) atoms. The Morgan fingerprint density at radius 3 is 0.991 bits per heavy atom. The lowest BCUT2D eigenvalue weighted by molar-refractivity contribution is -0.151. The minimum absolute atomic E-state index is 0. The molecule has 1 aromatic rings. The number of ether oxygens (including phenoxy) is 9. The van der Waals surface area contributed by atoms with E-state index in [1.54, 1.807) is 32.5 Å². The predicted octanol–water partition coefficient (Wildman–Crippen LogP) is 15.5. The number of methoxy groups -OCH3 is 9. The number of hydrogen-bond acceptors (Lipinski definition) is 24. The zero-order valence-corrected chi connectivity index (χ0v) is 72.9. The van der Waals surface area contributed by atoms with Crippen molar-refractivity contribution >= 4 is 94.0 Å². The lowest BCUT2D eigenvalue weighted by Gasteiger charge is -2.32. The SMILES string of the molecule is C.CCC(C)C(CC(=O)OC)C(=O)C(C)C.COC(=O)CC(C(=O)C(C)C)C(C)(C)C.COC(=O)CC(C(=O)C(C)C)C(C)(C)OC.COC(=O)CC(C(=O)C(C)C)C(C)C.COC(=O)CC(C(=O)C(C)C)C(C)OC.COC(=O)CC(C(=O)C(C)C)c1ccccc1.COC(=O)CC(CCSC)C(=O)C(C)C. The molecule has 0 heterocycles. The molecule has 0 aliphatic carbocycles. The highest BCUT2D eigenvalue weighted by molar-refractivity contribution is 7.98. The Kier molecular flexibility index (Phi) is 66.0. The van der Waals surface area contributed by atoms with Crippen molar-refractivity contribution in [1.82, 2.24) is 0 Å². The molecule has 0 spiro atoms. The largest absolute Gasteiger partial charge is 0.469 e. The van der Waals surface area contributed by atoms with Gasteiger partial charge in [0.05, 0.1) is 124 Å². The topological polar surface area (TPSA) is 322 Å². The number of ketones is 7. The first-order chi connectivity index (χ1) is 49.3. The Morgan fingerprint density at radius 1 is 0.370 bits per heavy atom. The Bertz CT molecular complexity index is 2730. The van der Waals surface area contributed by atoms with Crippen molar-refractivity contribution < 1.29 is 110 Å². The van der Waals surface area contributed by atoms with E-state index in [4.69, 9.17) is 9.47 Å². The fraction of sp³-hybridized carbons (Fsp3) is 0.762. The third-order valence-corrected chi connectivity index (χ3v) is 18.8. The first-order valence-electron chi connectivity index (χ1n) is 37.2. The highest BCUT2D eigenvalue weighted by Gasteiger charge is 2.39. The second kappa shape index (κ2) is 62.2. The van der Waals surface area contributed by atoms with Gasteiger partial charge in [-0.15, -0.1) is 0 Å². The molecular formula is C84H148O23S. The van der Waals surface area contributed by atoms with Gasteiger partial charge in [-0.2, -0.15) is 11.8 Å². The first-order valence-corrected chi connectivity index (χ1v) is 38.6. The number of benzene rings is 1. The van der Waals surface area contributed by atoms with Gasteiger partial charge >= 0.3 is 41.8 Å². The monoisotopic (exact) mass is 1560 g/mol. The minimum atomic E-state index is -0.657. The Hall–Kier alpha value is -6.53. The highest BCUT2D eigenvalue weighted by Crippen LogP contribution is 2.33. The minimum Gasteiger partial charge on any atom is -0.469 e. The summed E-state index contributed by atoms with van der Waals surface area (Å²) in [6, 6.07) is 9.36. The lowest BCUT2D eigenvalue weighted by Crippen LogP contribution is -2.42. The summed E-state index contributed by atoms with van der Waals surface area (Å²) in [5.41, 5.74) is 0.0158. The maximum absolute atomic E-state index is 12.1. The van der Waals surface area contributed by atoms with Gasteiger partial charge in [0.2, 0.25) is 0 Å². The fourth-order valence-corrected chi connectivity index (χ4v) is 10.8. The van der Waals surface area contributed by atoms with Crippen LogP contribution in [0.2, 0.25) is 0 Å². The molecule has 0 aliphatic heterocycles. The van der Waals surface area contributed by atoms with E-state index in [2.05, 4.69) is 33.2 Å². The van der Waals surface area contributed by atoms with Crippen molar-refractivity contribution in [3.8, 4) is 0 Å². The number of rotatable bonds is 39. The van der Waals surface area contributed by atoms with Gasteiger partial charge in [0.25, 0.3) is 0 Å². The highest BCUT2D eigenvalue weighted by atomic mass is 32.2. The molecule has 0 aromatic heterocycles. The molecule has 0 amide bonds. The predicted molar refractivity (Wildman–Crippen MR) is 427 cm³/mol. The van der Waals surface area contributed by atoms with E-state index < -0.39 is 23.4 Å². The molecule has 23 nitrogen and oxygen atoms in total. The number of esters is 7. The molecule has 9 unspecified atom stereocenters. The van der Waals surface area contributed by atoms with Gasteiger partial charge in [-0.25, -0.2) is 0 Å². The van der Waals surface area contributed by atoms with Gasteiger partial charge < -0.3 is 42.6 Å². The fourth-order valence-electron chi connectivity index (χ4n) is 10.3. The third-order valence-electron chi connectivity index (χ3n) is 18.1. The summed E-state index contributed by atoms with van der Waals surface area (Å²) in [6.07, 6.45) is 4.45. The molecule has 0 N–H and O–H groups in total. The van der Waals surface area contributed by atoms with Crippen LogP contribution in [0, 0.1) is 94.2 Å². The summed E-state index contributed by atoms with van der Waals surface area (Å²) in [5, 5.41) is 0. The standard InChI is InChI=1S/C14H18O3.C12H22O4.2C12H22O3.C11H20O4.C11H20O3S.C11H20O3.CH4/c1-10(2)14(16)12(9-13(15)17-3)11-7-5-4-6-8-11;1-8(2)11(14)9(7-10(13)15-5)12(3,4)16-6;1-8(2)11(14)9(12(3,4)5)7-10(13)15-6;1-6-9(4)10(7-11(13)15-5)12(14)8(2)3;1-7(2)11(13)9(8(3)14-4)6-10(12)15-5;1-8(2)11(13)9(5-6-15-4)7-10(12)14-3;1-7(2)9(6-10(12)14-5)11(13)8(3)4;/h4-8,10,12H,9H2,1-3H3;8-9H,7H2,1-6H3;8-9H,7H2,1-6H3;8-10H,6-7H2,1-5H3;7-9H,6H2,1-5H3;8-9H,5-7H2,1-4H3;7-9H,6H2,1-5H3;1H4. The summed E-state index contributed by atoms with van der Waals surface area (Å²) in [4.78, 5) is 162. The van der Waals surface area contributed by atoms with Crippen LogP contribution in [0.3, 0.4) is 0 Å². The van der Waals surface area contributed by atoms with Gasteiger partial charge in [0.15, 0.2) is 0 Å². The van der Waals surface area contributed by atoms with Crippen molar-refractivity contribution in [2.24, 2.45) is 94.2 Å². The molecule has 9 atom stereocenters. The van der Waals surface area contributed by atoms with E-state index in [1.807, 2.05) is 182 Å². The number of carbonyl (C=O) groups is 14. The van der Waals surface area contributed by atoms with Crippen molar-refractivity contribution in [3.05, 3.63) is 35.9 Å². The van der Waals surface area contributed by atoms with E-state index in [1.165, 1.54) is 64.0 Å². The zero-order chi connectivity index (χ0) is 85.2. The van der Waals surface area contributed by atoms with Crippen LogP contribution in [0.1, 0.15) is 243 Å². The Labute approximate surface area is 655 Å². The molecule has 0 bridgehead atoms. The molecule has 1 aromatic carbocycles. The van der Waals surface area contributed by atoms with E-state index in [-0.39, 0.29) is 223 Å². The molecule has 24 heteroatoms. The van der Waals surface area contributed by atoms with Crippen LogP contribution in [-0.2, 0) is 110 Å². The summed E-state index contributed by atoms with van der Waals surface area (Å²) in [7, 11) is 12.4. The van der Waals surface area contributed by atoms with Crippen LogP contribution in [0.15, 0.2) is 30.3 Å². The van der Waals surface area contributed by atoms with Gasteiger partial charge in [0, 0.05) is 79.3 Å². The van der Waals surface area contributed by atoms with Gasteiger partial charge in [-0.3, -0.25) is 67.1 Å². The van der Waals surface area contributed by atoms with E-state index in [0.717, 1.165) is 24.2 Å². The molecule has 1 rings (SSSR count). The quantitative estimate of drug-likeness (QED) is 0.0436. The van der Waals surface area contributed by atoms with E-state index in [0.29, 0.717) is 0 Å². The third kappa shape index (κ3) is 50.3. The van der Waals surface area contributed by atoms with Crippen LogP contribution < -0.4 is 0 Å². The van der Waals surface area contributed by atoms with E-state index >= 15 is 0 Å². The second-order valence-electron chi connectivity index (χ2n) is 30.5. The van der Waals surface area contributed by atoms with Crippen molar-refractivity contribution in [3.63, 3.8) is 0 Å². The summed E-state index contributed by atoms with van der Waals surface area (Å²) >= 11 is 1.69. The van der Waals surface area contributed by atoms with Gasteiger partial charge in [0.1, 0.15) is 40.5 Å². The first kappa shape index (κ1) is 115. The normalized spacial score (nSPS) is 13.4. The smallest absolute Gasteiger partial charge is 0.306 e. The molecule has 628 valence electrons. The molecule has 0 saturated carbocycles. The number of hydrogen-bond donors (Lipinski definition) is 0. The van der Waals surface area contributed by atoms with Gasteiger partial charge in [-0.1, -0.05) is 190 Å². The molecule has 0 radical (unpaired) electrons. The lowest BCUT2D eigenvalue weighted by atomic mass is 9.74. The van der Waals surface area contributed by atoms with Crippen LogP contribution in [-0.4, -0.2) is 170 Å². The maximum atomic E-state index is 12.1.